The lowest BCUT2D eigenvalue weighted by Crippen LogP contribution is -1.99. The summed E-state index contributed by atoms with van der Waals surface area (Å²) < 4.78 is 7.10. The first kappa shape index (κ1) is 13.3. The van der Waals surface area contributed by atoms with Crippen molar-refractivity contribution < 1.29 is 9.53 Å². The molecule has 0 N–H and O–H groups in total. The van der Waals surface area contributed by atoms with Gasteiger partial charge < -0.3 is 4.74 Å². The Kier molecular flexibility index (Phi) is 3.69. The number of aryl methyl sites for hydroxylation is 2. The van der Waals surface area contributed by atoms with Crippen molar-refractivity contribution >= 4 is 6.29 Å². The largest absolute Gasteiger partial charge is 0.497 e. The number of carbonyl (C=O) groups excluding carboxylic acids is 1. The van der Waals surface area contributed by atoms with Crippen LogP contribution in [0.5, 0.6) is 5.75 Å². The van der Waals surface area contributed by atoms with Crippen molar-refractivity contribution in [1.29, 1.82) is 0 Å². The average molecular weight is 258 g/mol. The number of hydrogen-bond acceptors (Lipinski definition) is 3. The fourth-order valence-corrected chi connectivity index (χ4v) is 2.39. The molecule has 0 atom stereocenters. The van der Waals surface area contributed by atoms with E-state index in [1.54, 1.807) is 13.2 Å². The van der Waals surface area contributed by atoms with E-state index in [0.717, 1.165) is 35.3 Å². The average Bonchev–Trinajstić information content (AvgIpc) is 2.72. The molecule has 19 heavy (non-hydrogen) atoms. The van der Waals surface area contributed by atoms with E-state index in [9.17, 15) is 4.79 Å². The number of rotatable bonds is 4. The third-order valence-electron chi connectivity index (χ3n) is 3.34. The SMILES string of the molecule is CCn1nc(C)c(-c2ccc(OC)cc2C=O)c1C. The zero-order valence-electron chi connectivity index (χ0n) is 11.7. The number of hydrogen-bond donors (Lipinski definition) is 0. The summed E-state index contributed by atoms with van der Waals surface area (Å²) in [6.45, 7) is 6.86. The van der Waals surface area contributed by atoms with Crippen molar-refractivity contribution in [2.75, 3.05) is 7.11 Å². The highest BCUT2D eigenvalue weighted by Gasteiger charge is 2.16. The molecule has 0 saturated heterocycles. The minimum atomic E-state index is 0.626. The van der Waals surface area contributed by atoms with Gasteiger partial charge in [0.15, 0.2) is 6.29 Å². The Morgan fingerprint density at radius 2 is 2.11 bits per heavy atom. The maximum absolute atomic E-state index is 11.3. The first-order valence-electron chi connectivity index (χ1n) is 6.30. The Hall–Kier alpha value is -2.10. The van der Waals surface area contributed by atoms with Crippen molar-refractivity contribution in [2.45, 2.75) is 27.3 Å². The summed E-state index contributed by atoms with van der Waals surface area (Å²) in [6.07, 6.45) is 0.861. The second-order valence-electron chi connectivity index (χ2n) is 4.43. The van der Waals surface area contributed by atoms with Gasteiger partial charge in [-0.2, -0.15) is 5.10 Å². The standard InChI is InChI=1S/C15H18N2O2/c1-5-17-11(3)15(10(2)16-17)14-7-6-13(19-4)8-12(14)9-18/h6-9H,5H2,1-4H3. The maximum atomic E-state index is 11.3. The predicted molar refractivity (Wildman–Crippen MR) is 74.8 cm³/mol. The summed E-state index contributed by atoms with van der Waals surface area (Å²) in [5.74, 6) is 0.684. The van der Waals surface area contributed by atoms with Gasteiger partial charge in [0.1, 0.15) is 5.75 Å². The van der Waals surface area contributed by atoms with Gasteiger partial charge in [0.2, 0.25) is 0 Å². The van der Waals surface area contributed by atoms with Crippen LogP contribution in [0.3, 0.4) is 0 Å². The van der Waals surface area contributed by atoms with E-state index in [2.05, 4.69) is 12.0 Å². The minimum Gasteiger partial charge on any atom is -0.497 e. The topological polar surface area (TPSA) is 44.1 Å². The van der Waals surface area contributed by atoms with Crippen LogP contribution in [0.15, 0.2) is 18.2 Å². The molecule has 0 spiro atoms. The van der Waals surface area contributed by atoms with Gasteiger partial charge in [-0.05, 0) is 44.5 Å². The molecule has 0 bridgehead atoms. The normalized spacial score (nSPS) is 10.5. The predicted octanol–water partition coefficient (Wildman–Crippen LogP) is 3.01. The van der Waals surface area contributed by atoms with E-state index in [0.29, 0.717) is 11.3 Å². The van der Waals surface area contributed by atoms with Crippen LogP contribution in [-0.2, 0) is 6.54 Å². The fourth-order valence-electron chi connectivity index (χ4n) is 2.39. The van der Waals surface area contributed by atoms with Crippen molar-refractivity contribution in [3.63, 3.8) is 0 Å². The van der Waals surface area contributed by atoms with Crippen LogP contribution < -0.4 is 4.74 Å². The van der Waals surface area contributed by atoms with E-state index < -0.39 is 0 Å². The molecule has 0 radical (unpaired) electrons. The Labute approximate surface area is 113 Å². The molecule has 0 aliphatic heterocycles. The van der Waals surface area contributed by atoms with Gasteiger partial charge in [0.25, 0.3) is 0 Å². The second kappa shape index (κ2) is 5.26. The molecule has 4 nitrogen and oxygen atoms in total. The van der Waals surface area contributed by atoms with Crippen LogP contribution in [-0.4, -0.2) is 23.2 Å². The van der Waals surface area contributed by atoms with Gasteiger partial charge in [0, 0.05) is 23.4 Å². The van der Waals surface area contributed by atoms with E-state index in [1.807, 2.05) is 30.7 Å². The zero-order chi connectivity index (χ0) is 14.0. The lowest BCUT2D eigenvalue weighted by Gasteiger charge is -2.08. The molecule has 1 heterocycles. The molecule has 1 aromatic heterocycles. The Morgan fingerprint density at radius 1 is 1.37 bits per heavy atom. The molecule has 0 unspecified atom stereocenters. The highest BCUT2D eigenvalue weighted by atomic mass is 16.5. The Morgan fingerprint density at radius 3 is 2.63 bits per heavy atom. The summed E-state index contributed by atoms with van der Waals surface area (Å²) in [5, 5.41) is 4.49. The molecule has 2 aromatic rings. The molecule has 4 heteroatoms. The first-order valence-corrected chi connectivity index (χ1v) is 6.30. The fraction of sp³-hybridized carbons (Fsp3) is 0.333. The highest BCUT2D eigenvalue weighted by Crippen LogP contribution is 2.31. The van der Waals surface area contributed by atoms with Crippen molar-refractivity contribution in [2.24, 2.45) is 0 Å². The van der Waals surface area contributed by atoms with Crippen molar-refractivity contribution in [3.05, 3.63) is 35.2 Å². The van der Waals surface area contributed by atoms with Crippen molar-refractivity contribution in [1.82, 2.24) is 9.78 Å². The molecule has 0 saturated carbocycles. The van der Waals surface area contributed by atoms with Gasteiger partial charge in [-0.1, -0.05) is 0 Å². The van der Waals surface area contributed by atoms with Gasteiger partial charge >= 0.3 is 0 Å². The Balaban J connectivity index is 2.65. The number of methoxy groups -OCH3 is 1. The summed E-state index contributed by atoms with van der Waals surface area (Å²) >= 11 is 0. The summed E-state index contributed by atoms with van der Waals surface area (Å²) in [6, 6.07) is 5.54. The molecule has 0 fully saturated rings. The van der Waals surface area contributed by atoms with Gasteiger partial charge in [0.05, 0.1) is 12.8 Å². The number of ether oxygens (including phenoxy) is 1. The zero-order valence-corrected chi connectivity index (χ0v) is 11.7. The second-order valence-corrected chi connectivity index (χ2v) is 4.43. The number of benzene rings is 1. The quantitative estimate of drug-likeness (QED) is 0.792. The number of carbonyl (C=O) groups is 1. The van der Waals surface area contributed by atoms with E-state index in [4.69, 9.17) is 4.74 Å². The van der Waals surface area contributed by atoms with Crippen LogP contribution in [0.2, 0.25) is 0 Å². The number of nitrogens with zero attached hydrogens (tertiary/aromatic N) is 2. The smallest absolute Gasteiger partial charge is 0.150 e. The van der Waals surface area contributed by atoms with Crippen LogP contribution in [0.25, 0.3) is 11.1 Å². The Bertz CT molecular complexity index is 615. The molecular weight excluding hydrogens is 240 g/mol. The molecular formula is C15H18N2O2. The van der Waals surface area contributed by atoms with Gasteiger partial charge in [-0.25, -0.2) is 0 Å². The number of aldehydes is 1. The lowest BCUT2D eigenvalue weighted by molar-refractivity contribution is 0.112. The van der Waals surface area contributed by atoms with Crippen LogP contribution in [0.1, 0.15) is 28.7 Å². The van der Waals surface area contributed by atoms with Crippen molar-refractivity contribution in [3.8, 4) is 16.9 Å². The monoisotopic (exact) mass is 258 g/mol. The minimum absolute atomic E-state index is 0.626. The maximum Gasteiger partial charge on any atom is 0.150 e. The van der Waals surface area contributed by atoms with Gasteiger partial charge in [-0.3, -0.25) is 9.48 Å². The highest BCUT2D eigenvalue weighted by molar-refractivity contribution is 5.89. The van der Waals surface area contributed by atoms with E-state index in [1.165, 1.54) is 0 Å². The van der Waals surface area contributed by atoms with E-state index >= 15 is 0 Å². The number of aromatic nitrogens is 2. The molecule has 0 aliphatic carbocycles. The molecule has 100 valence electrons. The van der Waals surface area contributed by atoms with Crippen LogP contribution in [0.4, 0.5) is 0 Å². The molecule has 0 amide bonds. The summed E-state index contributed by atoms with van der Waals surface area (Å²) in [7, 11) is 1.59. The molecule has 1 aromatic carbocycles. The summed E-state index contributed by atoms with van der Waals surface area (Å²) in [5.41, 5.74) is 4.58. The molecule has 2 rings (SSSR count). The lowest BCUT2D eigenvalue weighted by atomic mass is 9.98. The van der Waals surface area contributed by atoms with Crippen LogP contribution in [0, 0.1) is 13.8 Å². The summed E-state index contributed by atoms with van der Waals surface area (Å²) in [4.78, 5) is 11.3. The van der Waals surface area contributed by atoms with Crippen LogP contribution >= 0.6 is 0 Å². The third-order valence-corrected chi connectivity index (χ3v) is 3.34. The molecule has 0 aliphatic rings. The third kappa shape index (κ3) is 2.26. The van der Waals surface area contributed by atoms with Gasteiger partial charge in [-0.15, -0.1) is 0 Å². The van der Waals surface area contributed by atoms with E-state index in [-0.39, 0.29) is 0 Å². The first-order chi connectivity index (χ1) is 9.12.